The Morgan fingerprint density at radius 1 is 0.893 bits per heavy atom. The fraction of sp³-hybridized carbons (Fsp3) is 0.0909. The zero-order valence-electron chi connectivity index (χ0n) is 15.5. The molecule has 0 amide bonds. The highest BCUT2D eigenvalue weighted by Gasteiger charge is 2.12. The van der Waals surface area contributed by atoms with Crippen LogP contribution >= 0.6 is 0 Å². The number of pyridine rings is 3. The smallest absolute Gasteiger partial charge is 0.255 e. The van der Waals surface area contributed by atoms with Gasteiger partial charge in [-0.1, -0.05) is 6.07 Å². The molecular weight excluding hydrogens is 350 g/mol. The van der Waals surface area contributed by atoms with Crippen molar-refractivity contribution in [1.82, 2.24) is 24.3 Å². The third-order valence-corrected chi connectivity index (χ3v) is 4.91. The molecule has 5 rings (SSSR count). The minimum atomic E-state index is -0.0996. The van der Waals surface area contributed by atoms with Crippen LogP contribution < -0.4 is 5.56 Å². The number of benzene rings is 1. The molecule has 0 bridgehead atoms. The molecule has 1 aromatic carbocycles. The summed E-state index contributed by atoms with van der Waals surface area (Å²) in [5.41, 5.74) is 5.25. The van der Waals surface area contributed by atoms with Gasteiger partial charge in [0.15, 0.2) is 0 Å². The molecule has 0 N–H and O–H groups in total. The molecule has 0 saturated heterocycles. The Morgan fingerprint density at radius 3 is 2.54 bits per heavy atom. The Hall–Kier alpha value is -3.80. The molecule has 4 aromatic heterocycles. The summed E-state index contributed by atoms with van der Waals surface area (Å²) in [6.45, 7) is 1.93. The molecule has 0 aliphatic rings. The van der Waals surface area contributed by atoms with Crippen molar-refractivity contribution in [2.45, 2.75) is 6.92 Å². The molecule has 0 fully saturated rings. The predicted molar refractivity (Wildman–Crippen MR) is 110 cm³/mol. The van der Waals surface area contributed by atoms with Crippen LogP contribution in [0.25, 0.3) is 38.6 Å². The van der Waals surface area contributed by atoms with Crippen LogP contribution in [0.2, 0.25) is 0 Å². The van der Waals surface area contributed by atoms with Gasteiger partial charge in [0, 0.05) is 47.5 Å². The lowest BCUT2D eigenvalue weighted by Gasteiger charge is -2.13. The topological polar surface area (TPSA) is 65.6 Å². The summed E-state index contributed by atoms with van der Waals surface area (Å²) in [6, 6.07) is 13.3. The normalized spacial score (nSPS) is 11.4. The van der Waals surface area contributed by atoms with E-state index < -0.39 is 0 Å². The molecule has 0 spiro atoms. The van der Waals surface area contributed by atoms with E-state index in [9.17, 15) is 4.79 Å². The van der Waals surface area contributed by atoms with Crippen LogP contribution in [0.1, 0.15) is 5.69 Å². The van der Waals surface area contributed by atoms with E-state index in [1.54, 1.807) is 27.7 Å². The summed E-state index contributed by atoms with van der Waals surface area (Å²) in [5, 5.41) is 6.07. The van der Waals surface area contributed by atoms with Crippen LogP contribution in [0, 0.1) is 6.92 Å². The van der Waals surface area contributed by atoms with Gasteiger partial charge in [-0.05, 0) is 42.8 Å². The maximum atomic E-state index is 12.8. The van der Waals surface area contributed by atoms with Gasteiger partial charge >= 0.3 is 0 Å². The summed E-state index contributed by atoms with van der Waals surface area (Å²) >= 11 is 0. The van der Waals surface area contributed by atoms with Crippen molar-refractivity contribution in [3.8, 4) is 16.8 Å². The molecule has 5 aromatic rings. The zero-order chi connectivity index (χ0) is 19.3. The molecule has 0 unspecified atom stereocenters. The second-order valence-electron chi connectivity index (χ2n) is 6.86. The first kappa shape index (κ1) is 16.4. The Morgan fingerprint density at radius 2 is 1.79 bits per heavy atom. The fourth-order valence-electron chi connectivity index (χ4n) is 3.51. The van der Waals surface area contributed by atoms with E-state index in [0.29, 0.717) is 0 Å². The van der Waals surface area contributed by atoms with Gasteiger partial charge in [-0.25, -0.2) is 0 Å². The molecule has 0 aliphatic carbocycles. The van der Waals surface area contributed by atoms with E-state index in [0.717, 1.165) is 44.3 Å². The number of fused-ring (bicyclic) bond motifs is 3. The van der Waals surface area contributed by atoms with Gasteiger partial charge in [0.25, 0.3) is 5.56 Å². The van der Waals surface area contributed by atoms with Crippen LogP contribution in [0.4, 0.5) is 0 Å². The van der Waals surface area contributed by atoms with Crippen LogP contribution in [0.5, 0.6) is 0 Å². The number of aromatic nitrogens is 5. The average molecular weight is 367 g/mol. The maximum absolute atomic E-state index is 12.8. The van der Waals surface area contributed by atoms with E-state index >= 15 is 0 Å². The average Bonchev–Trinajstić information content (AvgIpc) is 3.14. The van der Waals surface area contributed by atoms with Crippen molar-refractivity contribution in [2.75, 3.05) is 0 Å². The largest absolute Gasteiger partial charge is 0.275 e. The molecule has 0 saturated carbocycles. The number of hydrogen-bond acceptors (Lipinski definition) is 4. The molecule has 0 radical (unpaired) electrons. The first-order chi connectivity index (χ1) is 13.6. The van der Waals surface area contributed by atoms with Crippen LogP contribution in [0.3, 0.4) is 0 Å². The second kappa shape index (κ2) is 6.13. The zero-order valence-corrected chi connectivity index (χ0v) is 15.5. The van der Waals surface area contributed by atoms with E-state index in [-0.39, 0.29) is 5.56 Å². The first-order valence-corrected chi connectivity index (χ1v) is 8.97. The van der Waals surface area contributed by atoms with Crippen molar-refractivity contribution in [3.05, 3.63) is 83.3 Å². The van der Waals surface area contributed by atoms with Crippen molar-refractivity contribution >= 4 is 21.8 Å². The highest BCUT2D eigenvalue weighted by atomic mass is 16.1. The lowest BCUT2D eigenvalue weighted by molar-refractivity contribution is 0.768. The second-order valence-corrected chi connectivity index (χ2v) is 6.86. The van der Waals surface area contributed by atoms with Gasteiger partial charge < -0.3 is 0 Å². The Kier molecular flexibility index (Phi) is 3.58. The molecule has 4 heterocycles. The number of rotatable bonds is 2. The maximum Gasteiger partial charge on any atom is 0.255 e. The lowest BCUT2D eigenvalue weighted by atomic mass is 10.0. The van der Waals surface area contributed by atoms with Crippen LogP contribution in [-0.2, 0) is 7.05 Å². The molecule has 6 nitrogen and oxygen atoms in total. The van der Waals surface area contributed by atoms with Crippen molar-refractivity contribution < 1.29 is 0 Å². The molecule has 6 heteroatoms. The summed E-state index contributed by atoms with van der Waals surface area (Å²) in [5.74, 6) is 0. The Labute approximate surface area is 160 Å². The minimum absolute atomic E-state index is 0.0996. The third-order valence-electron chi connectivity index (χ3n) is 4.91. The summed E-state index contributed by atoms with van der Waals surface area (Å²) < 4.78 is 3.48. The Balaban J connectivity index is 1.88. The molecule has 0 aliphatic heterocycles. The van der Waals surface area contributed by atoms with Crippen molar-refractivity contribution in [2.24, 2.45) is 7.05 Å². The van der Waals surface area contributed by atoms with Gasteiger partial charge in [-0.3, -0.25) is 24.0 Å². The monoisotopic (exact) mass is 367 g/mol. The highest BCUT2D eigenvalue weighted by Crippen LogP contribution is 2.29. The van der Waals surface area contributed by atoms with Gasteiger partial charge in [-0.15, -0.1) is 0 Å². The molecular formula is C22H17N5O. The standard InChI is InChI=1S/C22H17N5O/c1-14-3-6-18(12-23-14)27-21(28)8-5-16-10-24-20-7-4-15(9-19(20)22(16)27)17-11-25-26(2)13-17/h3-13H,1-2H3. The molecule has 136 valence electrons. The molecule has 0 atom stereocenters. The summed E-state index contributed by atoms with van der Waals surface area (Å²) in [7, 11) is 1.89. The van der Waals surface area contributed by atoms with Crippen molar-refractivity contribution in [1.29, 1.82) is 0 Å². The quantitative estimate of drug-likeness (QED) is 0.447. The SMILES string of the molecule is Cc1ccc(-n2c(=O)ccc3cnc4ccc(-c5cnn(C)c5)cc4c32)cn1. The van der Waals surface area contributed by atoms with Gasteiger partial charge in [-0.2, -0.15) is 5.10 Å². The van der Waals surface area contributed by atoms with E-state index in [1.165, 1.54) is 0 Å². The van der Waals surface area contributed by atoms with Gasteiger partial charge in [0.2, 0.25) is 0 Å². The Bertz CT molecular complexity index is 1400. The number of aryl methyl sites for hydroxylation is 2. The third kappa shape index (κ3) is 2.58. The summed E-state index contributed by atoms with van der Waals surface area (Å²) in [6.07, 6.45) is 7.33. The first-order valence-electron chi connectivity index (χ1n) is 8.97. The number of hydrogen-bond donors (Lipinski definition) is 0. The van der Waals surface area contributed by atoms with E-state index in [4.69, 9.17) is 0 Å². The van der Waals surface area contributed by atoms with Gasteiger partial charge in [0.1, 0.15) is 0 Å². The molecule has 28 heavy (non-hydrogen) atoms. The van der Waals surface area contributed by atoms with Crippen LogP contribution in [-0.4, -0.2) is 24.3 Å². The van der Waals surface area contributed by atoms with Gasteiger partial charge in [0.05, 0.1) is 29.1 Å². The highest BCUT2D eigenvalue weighted by molar-refractivity contribution is 6.05. The number of nitrogens with zero attached hydrogens (tertiary/aromatic N) is 5. The minimum Gasteiger partial charge on any atom is -0.275 e. The predicted octanol–water partition coefficient (Wildman–Crippen LogP) is 3.64. The van der Waals surface area contributed by atoms with E-state index in [1.807, 2.05) is 56.7 Å². The lowest BCUT2D eigenvalue weighted by Crippen LogP contribution is -2.18. The van der Waals surface area contributed by atoms with Crippen molar-refractivity contribution in [3.63, 3.8) is 0 Å². The van der Waals surface area contributed by atoms with E-state index in [2.05, 4.69) is 21.1 Å². The van der Waals surface area contributed by atoms with Crippen LogP contribution in [0.15, 0.2) is 72.0 Å². The fourth-order valence-corrected chi connectivity index (χ4v) is 3.51. The summed E-state index contributed by atoms with van der Waals surface area (Å²) in [4.78, 5) is 21.8.